The third-order valence-corrected chi connectivity index (χ3v) is 3.38. The lowest BCUT2D eigenvalue weighted by Gasteiger charge is -2.20. The summed E-state index contributed by atoms with van der Waals surface area (Å²) in [5, 5.41) is 2.98. The Kier molecular flexibility index (Phi) is 4.58. The summed E-state index contributed by atoms with van der Waals surface area (Å²) in [6.45, 7) is 6.55. The largest absolute Gasteiger partial charge is 0.322 e. The van der Waals surface area contributed by atoms with Crippen LogP contribution in [0, 0.1) is 20.8 Å². The molecule has 0 aliphatic carbocycles. The fourth-order valence-corrected chi connectivity index (χ4v) is 2.39. The maximum Gasteiger partial charge on any atom is 0.321 e. The average Bonchev–Trinajstić information content (AvgIpc) is 2.43. The molecule has 110 valence electrons. The lowest BCUT2D eigenvalue weighted by atomic mass is 10.1. The molecule has 4 heteroatoms. The summed E-state index contributed by atoms with van der Waals surface area (Å²) in [6.07, 6.45) is 1.73. The Morgan fingerprint density at radius 2 is 1.86 bits per heavy atom. The molecule has 2 amide bonds. The molecule has 1 aromatic carbocycles. The smallest absolute Gasteiger partial charge is 0.321 e. The highest BCUT2D eigenvalue weighted by molar-refractivity contribution is 5.90. The maximum absolute atomic E-state index is 12.3. The van der Waals surface area contributed by atoms with Gasteiger partial charge in [0, 0.05) is 18.9 Å². The van der Waals surface area contributed by atoms with Crippen molar-refractivity contribution in [2.75, 3.05) is 12.4 Å². The summed E-state index contributed by atoms with van der Waals surface area (Å²) in [5.74, 6) is 0. The van der Waals surface area contributed by atoms with Crippen molar-refractivity contribution in [3.05, 3.63) is 58.9 Å². The number of anilines is 1. The minimum Gasteiger partial charge on any atom is -0.322 e. The van der Waals surface area contributed by atoms with Crippen LogP contribution in [0.2, 0.25) is 0 Å². The van der Waals surface area contributed by atoms with E-state index in [4.69, 9.17) is 0 Å². The molecule has 1 aromatic heterocycles. The van der Waals surface area contributed by atoms with E-state index in [0.717, 1.165) is 22.5 Å². The number of urea groups is 1. The first-order chi connectivity index (χ1) is 9.97. The van der Waals surface area contributed by atoms with Crippen LogP contribution < -0.4 is 5.32 Å². The van der Waals surface area contributed by atoms with Crippen molar-refractivity contribution in [2.24, 2.45) is 0 Å². The molecule has 1 N–H and O–H groups in total. The van der Waals surface area contributed by atoms with Gasteiger partial charge in [-0.05, 0) is 44.0 Å². The number of hydrogen-bond donors (Lipinski definition) is 1. The predicted octanol–water partition coefficient (Wildman–Crippen LogP) is 3.67. The fraction of sp³-hybridized carbons (Fsp3) is 0.294. The zero-order valence-corrected chi connectivity index (χ0v) is 13.0. The molecule has 0 spiro atoms. The number of hydrogen-bond acceptors (Lipinski definition) is 2. The van der Waals surface area contributed by atoms with Crippen LogP contribution in [0.3, 0.4) is 0 Å². The summed E-state index contributed by atoms with van der Waals surface area (Å²) in [4.78, 5) is 18.2. The monoisotopic (exact) mass is 283 g/mol. The van der Waals surface area contributed by atoms with Crippen LogP contribution in [0.1, 0.15) is 22.4 Å². The summed E-state index contributed by atoms with van der Waals surface area (Å²) in [5.41, 5.74) is 5.11. The molecule has 0 bridgehead atoms. The lowest BCUT2D eigenvalue weighted by molar-refractivity contribution is 0.220. The van der Waals surface area contributed by atoms with Crippen LogP contribution in [0.15, 0.2) is 36.5 Å². The molecule has 0 aliphatic heterocycles. The second-order valence-electron chi connectivity index (χ2n) is 5.38. The molecule has 0 saturated heterocycles. The van der Waals surface area contributed by atoms with Crippen molar-refractivity contribution in [3.63, 3.8) is 0 Å². The minimum atomic E-state index is -0.129. The molecule has 4 nitrogen and oxygen atoms in total. The molecule has 1 heterocycles. The summed E-state index contributed by atoms with van der Waals surface area (Å²) in [7, 11) is 1.77. The van der Waals surface area contributed by atoms with E-state index < -0.39 is 0 Å². The minimum absolute atomic E-state index is 0.129. The number of aromatic nitrogens is 1. The number of pyridine rings is 1. The molecule has 2 aromatic rings. The summed E-state index contributed by atoms with van der Waals surface area (Å²) < 4.78 is 0. The number of carbonyl (C=O) groups is 1. The van der Waals surface area contributed by atoms with Crippen LogP contribution in [0.4, 0.5) is 10.5 Å². The van der Waals surface area contributed by atoms with E-state index in [1.54, 1.807) is 18.1 Å². The second kappa shape index (κ2) is 6.39. The number of carbonyl (C=O) groups excluding carboxylic acids is 1. The Balaban J connectivity index is 2.08. The van der Waals surface area contributed by atoms with Gasteiger partial charge in [0.15, 0.2) is 0 Å². The molecule has 21 heavy (non-hydrogen) atoms. The van der Waals surface area contributed by atoms with Gasteiger partial charge in [-0.15, -0.1) is 0 Å². The van der Waals surface area contributed by atoms with Gasteiger partial charge in [0.2, 0.25) is 0 Å². The summed E-state index contributed by atoms with van der Waals surface area (Å²) >= 11 is 0. The predicted molar refractivity (Wildman–Crippen MR) is 85.4 cm³/mol. The maximum atomic E-state index is 12.3. The van der Waals surface area contributed by atoms with E-state index in [-0.39, 0.29) is 6.03 Å². The van der Waals surface area contributed by atoms with Crippen molar-refractivity contribution >= 4 is 11.7 Å². The Hall–Kier alpha value is -2.36. The molecule has 0 atom stereocenters. The van der Waals surface area contributed by atoms with Crippen LogP contribution >= 0.6 is 0 Å². The van der Waals surface area contributed by atoms with E-state index in [0.29, 0.717) is 6.54 Å². The van der Waals surface area contributed by atoms with Gasteiger partial charge in [-0.3, -0.25) is 4.98 Å². The van der Waals surface area contributed by atoms with Crippen LogP contribution in [-0.2, 0) is 6.54 Å². The van der Waals surface area contributed by atoms with Gasteiger partial charge in [0.1, 0.15) is 0 Å². The molecule has 0 radical (unpaired) electrons. The quantitative estimate of drug-likeness (QED) is 0.934. The molecule has 0 unspecified atom stereocenters. The molecular weight excluding hydrogens is 262 g/mol. The van der Waals surface area contributed by atoms with Crippen molar-refractivity contribution < 1.29 is 4.79 Å². The highest BCUT2D eigenvalue weighted by Gasteiger charge is 2.12. The SMILES string of the molecule is Cc1cc(C)c(NC(=O)N(C)Cc2ccccn2)c(C)c1. The van der Waals surface area contributed by atoms with E-state index >= 15 is 0 Å². The highest BCUT2D eigenvalue weighted by atomic mass is 16.2. The number of amides is 2. The van der Waals surface area contributed by atoms with E-state index in [9.17, 15) is 4.79 Å². The van der Waals surface area contributed by atoms with Crippen molar-refractivity contribution in [1.29, 1.82) is 0 Å². The van der Waals surface area contributed by atoms with Gasteiger partial charge in [0.25, 0.3) is 0 Å². The van der Waals surface area contributed by atoms with Gasteiger partial charge in [-0.2, -0.15) is 0 Å². The topological polar surface area (TPSA) is 45.2 Å². The van der Waals surface area contributed by atoms with Crippen LogP contribution in [0.5, 0.6) is 0 Å². The van der Waals surface area contributed by atoms with Crippen LogP contribution in [0.25, 0.3) is 0 Å². The van der Waals surface area contributed by atoms with E-state index in [1.165, 1.54) is 5.56 Å². The zero-order chi connectivity index (χ0) is 15.4. The van der Waals surface area contributed by atoms with Gasteiger partial charge >= 0.3 is 6.03 Å². The first kappa shape index (κ1) is 15.0. The van der Waals surface area contributed by atoms with Crippen molar-refractivity contribution in [3.8, 4) is 0 Å². The number of nitrogens with zero attached hydrogens (tertiary/aromatic N) is 2. The molecular formula is C17H21N3O. The molecule has 0 saturated carbocycles. The first-order valence-corrected chi connectivity index (χ1v) is 6.97. The second-order valence-corrected chi connectivity index (χ2v) is 5.38. The third kappa shape index (κ3) is 3.81. The van der Waals surface area contributed by atoms with Gasteiger partial charge in [0.05, 0.1) is 12.2 Å². The van der Waals surface area contributed by atoms with E-state index in [2.05, 4.69) is 29.4 Å². The third-order valence-electron chi connectivity index (χ3n) is 3.38. The van der Waals surface area contributed by atoms with E-state index in [1.807, 2.05) is 32.0 Å². The molecule has 2 rings (SSSR count). The number of benzene rings is 1. The fourth-order valence-electron chi connectivity index (χ4n) is 2.39. The zero-order valence-electron chi connectivity index (χ0n) is 13.0. The normalized spacial score (nSPS) is 10.3. The Bertz CT molecular complexity index is 615. The Morgan fingerprint density at radius 1 is 1.19 bits per heavy atom. The van der Waals surface area contributed by atoms with Crippen LogP contribution in [-0.4, -0.2) is 23.0 Å². The van der Waals surface area contributed by atoms with Gasteiger partial charge in [-0.25, -0.2) is 4.79 Å². The summed E-state index contributed by atoms with van der Waals surface area (Å²) in [6, 6.07) is 9.70. The average molecular weight is 283 g/mol. The number of aryl methyl sites for hydroxylation is 3. The number of rotatable bonds is 3. The molecule has 0 aliphatic rings. The Morgan fingerprint density at radius 3 is 2.43 bits per heavy atom. The van der Waals surface area contributed by atoms with Crippen molar-refractivity contribution in [2.45, 2.75) is 27.3 Å². The Labute approximate surface area is 125 Å². The number of nitrogens with one attached hydrogen (secondary N) is 1. The molecule has 0 fully saturated rings. The first-order valence-electron chi connectivity index (χ1n) is 6.97. The van der Waals surface area contributed by atoms with Gasteiger partial charge < -0.3 is 10.2 Å². The lowest BCUT2D eigenvalue weighted by Crippen LogP contribution is -2.31. The highest BCUT2D eigenvalue weighted by Crippen LogP contribution is 2.22. The van der Waals surface area contributed by atoms with Gasteiger partial charge in [-0.1, -0.05) is 23.8 Å². The van der Waals surface area contributed by atoms with Crippen molar-refractivity contribution in [1.82, 2.24) is 9.88 Å². The standard InChI is InChI=1S/C17H21N3O/c1-12-9-13(2)16(14(3)10-12)19-17(21)20(4)11-15-7-5-6-8-18-15/h5-10H,11H2,1-4H3,(H,19,21).